The van der Waals surface area contributed by atoms with Gasteiger partial charge in [-0.1, -0.05) is 12.1 Å². The number of hydrogen-bond acceptors (Lipinski definition) is 3. The van der Waals surface area contributed by atoms with Crippen molar-refractivity contribution in [2.75, 3.05) is 0 Å². The van der Waals surface area contributed by atoms with Gasteiger partial charge in [0.15, 0.2) is 0 Å². The maximum absolute atomic E-state index is 10.8. The monoisotopic (exact) mass is 256 g/mol. The summed E-state index contributed by atoms with van der Waals surface area (Å²) < 4.78 is 3.26. The first-order chi connectivity index (χ1) is 9.16. The van der Waals surface area contributed by atoms with Gasteiger partial charge in [-0.15, -0.1) is 0 Å². The number of aromatic nitrogens is 4. The summed E-state index contributed by atoms with van der Waals surface area (Å²) in [5.41, 5.74) is 2.77. The molecule has 0 fully saturated rings. The van der Waals surface area contributed by atoms with Gasteiger partial charge in [-0.2, -0.15) is 10.2 Å². The summed E-state index contributed by atoms with van der Waals surface area (Å²) in [6.07, 6.45) is 3.43. The molecule has 3 aromatic rings. The van der Waals surface area contributed by atoms with Gasteiger partial charge >= 0.3 is 5.97 Å². The molecule has 96 valence electrons. The molecule has 6 nitrogen and oxygen atoms in total. The lowest BCUT2D eigenvalue weighted by Gasteiger charge is -2.04. The Labute approximate surface area is 108 Å². The third kappa shape index (κ3) is 1.87. The van der Waals surface area contributed by atoms with Gasteiger partial charge in [0.2, 0.25) is 0 Å². The molecule has 2 heterocycles. The van der Waals surface area contributed by atoms with Crippen molar-refractivity contribution in [3.8, 4) is 11.3 Å². The van der Waals surface area contributed by atoms with Crippen molar-refractivity contribution in [2.45, 2.75) is 6.54 Å². The van der Waals surface area contributed by atoms with Crippen LogP contribution in [0.2, 0.25) is 0 Å². The molecular formula is C13H12N4O2. The van der Waals surface area contributed by atoms with Crippen LogP contribution in [-0.2, 0) is 18.4 Å². The van der Waals surface area contributed by atoms with Crippen LogP contribution >= 0.6 is 0 Å². The minimum Gasteiger partial charge on any atom is -0.480 e. The van der Waals surface area contributed by atoms with Gasteiger partial charge in [0.25, 0.3) is 0 Å². The van der Waals surface area contributed by atoms with Crippen LogP contribution in [0.5, 0.6) is 0 Å². The lowest BCUT2D eigenvalue weighted by Crippen LogP contribution is -2.09. The summed E-state index contributed by atoms with van der Waals surface area (Å²) in [6, 6.07) is 7.66. The van der Waals surface area contributed by atoms with Crippen LogP contribution in [0.4, 0.5) is 0 Å². The molecule has 0 saturated heterocycles. The van der Waals surface area contributed by atoms with Gasteiger partial charge in [-0.25, -0.2) is 0 Å². The summed E-state index contributed by atoms with van der Waals surface area (Å²) in [4.78, 5) is 10.8. The molecule has 0 unspecified atom stereocenters. The van der Waals surface area contributed by atoms with E-state index in [0.29, 0.717) is 0 Å². The molecule has 0 bridgehead atoms. The van der Waals surface area contributed by atoms with Gasteiger partial charge in [0.05, 0.1) is 17.4 Å². The lowest BCUT2D eigenvalue weighted by molar-refractivity contribution is -0.137. The Hall–Kier alpha value is -2.63. The molecule has 0 amide bonds. The molecule has 0 spiro atoms. The van der Waals surface area contributed by atoms with Gasteiger partial charge in [-0.05, 0) is 12.1 Å². The molecule has 3 rings (SSSR count). The summed E-state index contributed by atoms with van der Waals surface area (Å²) in [6.45, 7) is -0.141. The zero-order valence-corrected chi connectivity index (χ0v) is 10.3. The predicted molar refractivity (Wildman–Crippen MR) is 69.6 cm³/mol. The number of aliphatic carboxylic acids is 1. The summed E-state index contributed by atoms with van der Waals surface area (Å²) in [5, 5.41) is 18.1. The van der Waals surface area contributed by atoms with Crippen LogP contribution in [0.15, 0.2) is 36.7 Å². The smallest absolute Gasteiger partial charge is 0.325 e. The van der Waals surface area contributed by atoms with E-state index in [1.54, 1.807) is 17.1 Å². The molecule has 0 saturated carbocycles. The molecule has 1 N–H and O–H groups in total. The van der Waals surface area contributed by atoms with E-state index in [1.807, 2.05) is 31.3 Å². The highest BCUT2D eigenvalue weighted by atomic mass is 16.4. The first-order valence-corrected chi connectivity index (χ1v) is 5.81. The van der Waals surface area contributed by atoms with Crippen LogP contribution in [0.3, 0.4) is 0 Å². The highest BCUT2D eigenvalue weighted by molar-refractivity contribution is 5.94. The highest BCUT2D eigenvalue weighted by Crippen LogP contribution is 2.27. The second kappa shape index (κ2) is 4.24. The molecule has 6 heteroatoms. The lowest BCUT2D eigenvalue weighted by atomic mass is 10.1. The van der Waals surface area contributed by atoms with Gasteiger partial charge < -0.3 is 5.11 Å². The fourth-order valence-corrected chi connectivity index (χ4v) is 2.22. The zero-order valence-electron chi connectivity index (χ0n) is 10.3. The zero-order chi connectivity index (χ0) is 13.4. The number of aryl methyl sites for hydroxylation is 1. The highest BCUT2D eigenvalue weighted by Gasteiger charge is 2.12. The van der Waals surface area contributed by atoms with E-state index in [2.05, 4.69) is 10.2 Å². The van der Waals surface area contributed by atoms with Crippen LogP contribution in [0, 0.1) is 0 Å². The Kier molecular flexibility index (Phi) is 2.56. The first-order valence-electron chi connectivity index (χ1n) is 5.81. The number of hydrogen-bond donors (Lipinski definition) is 1. The Morgan fingerprint density at radius 2 is 2.16 bits per heavy atom. The molecule has 0 atom stereocenters. The second-order valence-electron chi connectivity index (χ2n) is 4.27. The summed E-state index contributed by atoms with van der Waals surface area (Å²) in [7, 11) is 1.87. The summed E-state index contributed by atoms with van der Waals surface area (Å²) >= 11 is 0. The van der Waals surface area contributed by atoms with E-state index >= 15 is 0 Å². The largest absolute Gasteiger partial charge is 0.480 e. The van der Waals surface area contributed by atoms with Gasteiger partial charge in [-0.3, -0.25) is 14.2 Å². The number of benzene rings is 1. The molecule has 0 radical (unpaired) electrons. The average Bonchev–Trinajstić information content (AvgIpc) is 2.96. The van der Waals surface area contributed by atoms with Crippen molar-refractivity contribution in [1.82, 2.24) is 19.6 Å². The Balaban J connectivity index is 2.20. The maximum atomic E-state index is 10.8. The van der Waals surface area contributed by atoms with Crippen molar-refractivity contribution in [2.24, 2.45) is 7.05 Å². The predicted octanol–water partition coefficient (Wildman–Crippen LogP) is 1.52. The molecule has 1 aromatic carbocycles. The normalized spacial score (nSPS) is 11.0. The molecule has 0 aliphatic heterocycles. The number of carbonyl (C=O) groups is 1. The Bertz CT molecular complexity index is 757. The Morgan fingerprint density at radius 3 is 2.84 bits per heavy atom. The fraction of sp³-hybridized carbons (Fsp3) is 0.154. The van der Waals surface area contributed by atoms with Crippen LogP contribution < -0.4 is 0 Å². The molecule has 0 aliphatic carbocycles. The van der Waals surface area contributed by atoms with E-state index in [9.17, 15) is 4.79 Å². The van der Waals surface area contributed by atoms with Gasteiger partial charge in [0.1, 0.15) is 6.54 Å². The van der Waals surface area contributed by atoms with Gasteiger partial charge in [0, 0.05) is 24.2 Å². The minimum absolute atomic E-state index is 0.141. The topological polar surface area (TPSA) is 72.9 Å². The summed E-state index contributed by atoms with van der Waals surface area (Å²) in [5.74, 6) is -0.907. The van der Waals surface area contributed by atoms with Crippen molar-refractivity contribution in [1.29, 1.82) is 0 Å². The number of carboxylic acids is 1. The molecule has 2 aromatic heterocycles. The standard InChI is InChI=1S/C13H12N4O2/c1-16-11(5-6-14-16)9-3-2-4-12-10(9)7-15-17(12)8-13(18)19/h2-7H,8H2,1H3,(H,18,19). The van der Waals surface area contributed by atoms with Crippen LogP contribution in [-0.4, -0.2) is 30.6 Å². The molecular weight excluding hydrogens is 244 g/mol. The number of carboxylic acid groups (broad SMARTS) is 1. The molecule has 19 heavy (non-hydrogen) atoms. The first kappa shape index (κ1) is 11.5. The van der Waals surface area contributed by atoms with Crippen molar-refractivity contribution in [3.63, 3.8) is 0 Å². The third-order valence-corrected chi connectivity index (χ3v) is 3.07. The van der Waals surface area contributed by atoms with Crippen LogP contribution in [0.1, 0.15) is 0 Å². The second-order valence-corrected chi connectivity index (χ2v) is 4.27. The van der Waals surface area contributed by atoms with E-state index in [4.69, 9.17) is 5.11 Å². The van der Waals surface area contributed by atoms with Crippen LogP contribution in [0.25, 0.3) is 22.2 Å². The number of fused-ring (bicyclic) bond motifs is 1. The number of nitrogens with zero attached hydrogens (tertiary/aromatic N) is 4. The minimum atomic E-state index is -0.907. The SMILES string of the molecule is Cn1nccc1-c1cccc2c1cnn2CC(=O)O. The average molecular weight is 256 g/mol. The maximum Gasteiger partial charge on any atom is 0.325 e. The quantitative estimate of drug-likeness (QED) is 0.771. The van der Waals surface area contributed by atoms with E-state index < -0.39 is 5.97 Å². The molecule has 0 aliphatic rings. The fourth-order valence-electron chi connectivity index (χ4n) is 2.22. The Morgan fingerprint density at radius 1 is 1.32 bits per heavy atom. The van der Waals surface area contributed by atoms with Crippen molar-refractivity contribution < 1.29 is 9.90 Å². The van der Waals surface area contributed by atoms with Crippen molar-refractivity contribution >= 4 is 16.9 Å². The van der Waals surface area contributed by atoms with E-state index in [0.717, 1.165) is 22.2 Å². The number of rotatable bonds is 3. The third-order valence-electron chi connectivity index (χ3n) is 3.07. The van der Waals surface area contributed by atoms with E-state index in [1.165, 1.54) is 4.68 Å². The van der Waals surface area contributed by atoms with E-state index in [-0.39, 0.29) is 6.54 Å². The van der Waals surface area contributed by atoms with Crippen molar-refractivity contribution in [3.05, 3.63) is 36.7 Å².